The molecule has 0 unspecified atom stereocenters. The molecule has 9 heteroatoms. The van der Waals surface area contributed by atoms with Gasteiger partial charge in [0.25, 0.3) is 5.91 Å². The average Bonchev–Trinajstić information content (AvgIpc) is 2.93. The second kappa shape index (κ2) is 7.64. The number of nitrogens with one attached hydrogen (secondary N) is 2. The van der Waals surface area contributed by atoms with Gasteiger partial charge in [-0.05, 0) is 31.2 Å². The van der Waals surface area contributed by atoms with Crippen LogP contribution in [0.1, 0.15) is 15.4 Å². The maximum Gasteiger partial charge on any atom is 0.322 e. The maximum absolute atomic E-state index is 12.9. The third-order valence-corrected chi connectivity index (χ3v) is 4.15. The minimum Gasteiger partial charge on any atom is -0.480 e. The fourth-order valence-electron chi connectivity index (χ4n) is 1.80. The van der Waals surface area contributed by atoms with Crippen molar-refractivity contribution in [2.75, 3.05) is 13.1 Å². The van der Waals surface area contributed by atoms with Crippen molar-refractivity contribution in [3.63, 3.8) is 0 Å². The molecule has 0 bridgehead atoms. The topological polar surface area (TPSA) is 108 Å². The van der Waals surface area contributed by atoms with E-state index in [2.05, 4.69) is 15.6 Å². The molecule has 1 aromatic heterocycles. The van der Waals surface area contributed by atoms with Crippen LogP contribution in [0, 0.1) is 12.7 Å². The lowest BCUT2D eigenvalue weighted by atomic mass is 10.2. The summed E-state index contributed by atoms with van der Waals surface area (Å²) in [6.07, 6.45) is 0. The molecule has 0 spiro atoms. The molecule has 0 aliphatic rings. The van der Waals surface area contributed by atoms with E-state index in [1.54, 1.807) is 19.1 Å². The van der Waals surface area contributed by atoms with Crippen molar-refractivity contribution in [2.45, 2.75) is 6.92 Å². The van der Waals surface area contributed by atoms with Gasteiger partial charge in [0.15, 0.2) is 0 Å². The van der Waals surface area contributed by atoms with Gasteiger partial charge in [-0.25, -0.2) is 9.37 Å². The largest absolute Gasteiger partial charge is 0.480 e. The molecular weight excluding hydrogens is 337 g/mol. The summed E-state index contributed by atoms with van der Waals surface area (Å²) in [5, 5.41) is 13.6. The summed E-state index contributed by atoms with van der Waals surface area (Å²) in [4.78, 5) is 38.4. The van der Waals surface area contributed by atoms with Crippen molar-refractivity contribution in [2.24, 2.45) is 0 Å². The highest BCUT2D eigenvalue weighted by molar-refractivity contribution is 7.17. The molecule has 24 heavy (non-hydrogen) atoms. The van der Waals surface area contributed by atoms with Crippen LogP contribution in [-0.2, 0) is 9.59 Å². The van der Waals surface area contributed by atoms with Crippen molar-refractivity contribution < 1.29 is 23.9 Å². The first-order valence-corrected chi connectivity index (χ1v) is 7.68. The number of carboxylic acids is 1. The smallest absolute Gasteiger partial charge is 0.322 e. The van der Waals surface area contributed by atoms with E-state index >= 15 is 0 Å². The Morgan fingerprint density at radius 2 is 1.83 bits per heavy atom. The zero-order chi connectivity index (χ0) is 17.7. The number of carbonyl (C=O) groups is 3. The predicted octanol–water partition coefficient (Wildman–Crippen LogP) is 1.19. The summed E-state index contributed by atoms with van der Waals surface area (Å²) in [6, 6.07) is 5.74. The number of halogens is 1. The number of amides is 2. The molecule has 0 saturated carbocycles. The van der Waals surface area contributed by atoms with Gasteiger partial charge in [-0.15, -0.1) is 11.3 Å². The quantitative estimate of drug-likeness (QED) is 0.724. The summed E-state index contributed by atoms with van der Waals surface area (Å²) in [6.45, 7) is 0.807. The number of thiazole rings is 1. The van der Waals surface area contributed by atoms with E-state index < -0.39 is 24.3 Å². The Hall–Kier alpha value is -2.81. The number of aryl methyl sites for hydroxylation is 1. The number of rotatable bonds is 6. The molecule has 0 saturated heterocycles. The van der Waals surface area contributed by atoms with Crippen LogP contribution in [0.25, 0.3) is 10.6 Å². The zero-order valence-electron chi connectivity index (χ0n) is 12.6. The fraction of sp³-hybridized carbons (Fsp3) is 0.200. The van der Waals surface area contributed by atoms with Gasteiger partial charge in [-0.1, -0.05) is 0 Å². The number of carbonyl (C=O) groups excluding carboxylic acids is 2. The van der Waals surface area contributed by atoms with Gasteiger partial charge in [0.2, 0.25) is 5.91 Å². The molecule has 2 amide bonds. The molecule has 3 N–H and O–H groups in total. The Kier molecular flexibility index (Phi) is 5.59. The number of hydrogen-bond acceptors (Lipinski definition) is 5. The number of benzene rings is 1. The van der Waals surface area contributed by atoms with Crippen LogP contribution in [0.4, 0.5) is 4.39 Å². The molecule has 126 valence electrons. The first-order chi connectivity index (χ1) is 11.4. The minimum absolute atomic E-state index is 0.334. The number of aliphatic carboxylic acids is 1. The molecule has 7 nitrogen and oxygen atoms in total. The van der Waals surface area contributed by atoms with E-state index in [4.69, 9.17) is 5.11 Å². The Morgan fingerprint density at radius 3 is 2.46 bits per heavy atom. The first kappa shape index (κ1) is 17.5. The number of carboxylic acid groups (broad SMARTS) is 1. The summed E-state index contributed by atoms with van der Waals surface area (Å²) in [7, 11) is 0. The van der Waals surface area contributed by atoms with Gasteiger partial charge in [0.05, 0.1) is 12.2 Å². The Labute approximate surface area is 140 Å². The van der Waals surface area contributed by atoms with E-state index in [1.807, 2.05) is 0 Å². The van der Waals surface area contributed by atoms with Gasteiger partial charge in [-0.3, -0.25) is 14.4 Å². The van der Waals surface area contributed by atoms with Gasteiger partial charge in [-0.2, -0.15) is 0 Å². The molecule has 0 fully saturated rings. The number of hydrogen-bond donors (Lipinski definition) is 3. The van der Waals surface area contributed by atoms with Gasteiger partial charge in [0, 0.05) is 5.56 Å². The summed E-state index contributed by atoms with van der Waals surface area (Å²) >= 11 is 1.13. The molecule has 2 rings (SSSR count). The van der Waals surface area contributed by atoms with Crippen LogP contribution in [0.2, 0.25) is 0 Å². The molecule has 0 radical (unpaired) electrons. The monoisotopic (exact) mass is 351 g/mol. The Morgan fingerprint density at radius 1 is 1.17 bits per heavy atom. The minimum atomic E-state index is -1.17. The second-order valence-electron chi connectivity index (χ2n) is 4.79. The highest BCUT2D eigenvalue weighted by Crippen LogP contribution is 2.27. The van der Waals surface area contributed by atoms with Crippen LogP contribution in [0.5, 0.6) is 0 Å². The number of aromatic nitrogens is 1. The lowest BCUT2D eigenvalue weighted by Gasteiger charge is -2.04. The van der Waals surface area contributed by atoms with E-state index in [0.29, 0.717) is 21.1 Å². The van der Waals surface area contributed by atoms with Crippen LogP contribution in [-0.4, -0.2) is 41.0 Å². The summed E-state index contributed by atoms with van der Waals surface area (Å²) in [5.74, 6) is -2.62. The van der Waals surface area contributed by atoms with Crippen molar-refractivity contribution in [1.82, 2.24) is 15.6 Å². The van der Waals surface area contributed by atoms with E-state index in [9.17, 15) is 18.8 Å². The third kappa shape index (κ3) is 4.59. The van der Waals surface area contributed by atoms with Crippen LogP contribution in [0.3, 0.4) is 0 Å². The highest BCUT2D eigenvalue weighted by atomic mass is 32.1. The van der Waals surface area contributed by atoms with Crippen LogP contribution in [0.15, 0.2) is 24.3 Å². The molecule has 1 aromatic carbocycles. The van der Waals surface area contributed by atoms with Crippen molar-refractivity contribution >= 4 is 29.1 Å². The molecule has 0 aliphatic heterocycles. The molecule has 0 aliphatic carbocycles. The zero-order valence-corrected chi connectivity index (χ0v) is 13.4. The van der Waals surface area contributed by atoms with Gasteiger partial charge < -0.3 is 15.7 Å². The van der Waals surface area contributed by atoms with Crippen molar-refractivity contribution in [3.05, 3.63) is 40.7 Å². The van der Waals surface area contributed by atoms with E-state index in [0.717, 1.165) is 11.3 Å². The highest BCUT2D eigenvalue weighted by Gasteiger charge is 2.17. The Bertz CT molecular complexity index is 774. The normalized spacial score (nSPS) is 10.2. The molecular formula is C15H14FN3O4S. The summed E-state index contributed by atoms with van der Waals surface area (Å²) < 4.78 is 12.9. The van der Waals surface area contributed by atoms with E-state index in [1.165, 1.54) is 12.1 Å². The van der Waals surface area contributed by atoms with Gasteiger partial charge in [0.1, 0.15) is 22.2 Å². The van der Waals surface area contributed by atoms with E-state index in [-0.39, 0.29) is 12.4 Å². The van der Waals surface area contributed by atoms with Crippen molar-refractivity contribution in [1.29, 1.82) is 0 Å². The fourth-order valence-corrected chi connectivity index (χ4v) is 2.79. The van der Waals surface area contributed by atoms with Crippen LogP contribution >= 0.6 is 11.3 Å². The summed E-state index contributed by atoms with van der Waals surface area (Å²) in [5.41, 5.74) is 1.17. The maximum atomic E-state index is 12.9. The SMILES string of the molecule is Cc1nc(-c2ccc(F)cc2)sc1C(=O)NCC(=O)NCC(=O)O. The predicted molar refractivity (Wildman–Crippen MR) is 85.2 cm³/mol. The van der Waals surface area contributed by atoms with Crippen molar-refractivity contribution in [3.8, 4) is 10.6 Å². The lowest BCUT2D eigenvalue weighted by Crippen LogP contribution is -2.38. The standard InChI is InChI=1S/C15H14FN3O4S/c1-8-13(14(23)18-6-11(20)17-7-12(21)22)24-15(19-8)9-2-4-10(16)5-3-9/h2-5H,6-7H2,1H3,(H,17,20)(H,18,23)(H,21,22). The Balaban J connectivity index is 2.01. The molecule has 0 atom stereocenters. The van der Waals surface area contributed by atoms with Crippen LogP contribution < -0.4 is 10.6 Å². The number of nitrogens with zero attached hydrogens (tertiary/aromatic N) is 1. The third-order valence-electron chi connectivity index (χ3n) is 2.94. The molecule has 1 heterocycles. The molecule has 2 aromatic rings. The lowest BCUT2D eigenvalue weighted by molar-refractivity contribution is -0.137. The van der Waals surface area contributed by atoms with Gasteiger partial charge >= 0.3 is 5.97 Å². The average molecular weight is 351 g/mol. The second-order valence-corrected chi connectivity index (χ2v) is 5.79. The first-order valence-electron chi connectivity index (χ1n) is 6.87.